The predicted molar refractivity (Wildman–Crippen MR) is 118 cm³/mol. The molecule has 0 aliphatic carbocycles. The summed E-state index contributed by atoms with van der Waals surface area (Å²) in [7, 11) is 3.15. The second kappa shape index (κ2) is 8.35. The van der Waals surface area contributed by atoms with E-state index in [4.69, 9.17) is 9.47 Å². The van der Waals surface area contributed by atoms with Crippen LogP contribution in [-0.4, -0.2) is 32.9 Å². The second-order valence-corrected chi connectivity index (χ2v) is 6.88. The van der Waals surface area contributed by atoms with E-state index >= 15 is 0 Å². The standard InChI is InChI=1S/C23H22N4O4/c1-4-12-26-22(28)20-21(27(23(26)29)17-9-7-10-18(13-17)30-2)24-15-25(20)14-16-8-5-6-11-19(16)31-3/h4-11,13,15H,1,12,14H2,2-3H3. The molecule has 0 N–H and O–H groups in total. The molecule has 0 aliphatic heterocycles. The van der Waals surface area contributed by atoms with Crippen LogP contribution in [0.1, 0.15) is 5.56 Å². The minimum absolute atomic E-state index is 0.0808. The average Bonchev–Trinajstić information content (AvgIpc) is 3.20. The summed E-state index contributed by atoms with van der Waals surface area (Å²) in [5.41, 5.74) is 1.11. The lowest BCUT2D eigenvalue weighted by molar-refractivity contribution is 0.408. The molecule has 0 radical (unpaired) electrons. The average molecular weight is 418 g/mol. The SMILES string of the molecule is C=CCn1c(=O)c2c(ncn2Cc2ccccc2OC)n(-c2cccc(OC)c2)c1=O. The van der Waals surface area contributed by atoms with Gasteiger partial charge in [-0.15, -0.1) is 6.58 Å². The van der Waals surface area contributed by atoms with Crippen molar-refractivity contribution in [2.75, 3.05) is 14.2 Å². The Bertz CT molecular complexity index is 1380. The number of methoxy groups -OCH3 is 2. The van der Waals surface area contributed by atoms with E-state index in [1.54, 1.807) is 49.4 Å². The van der Waals surface area contributed by atoms with Gasteiger partial charge < -0.3 is 14.0 Å². The first kappa shape index (κ1) is 20.2. The Morgan fingerprint density at radius 1 is 1.06 bits per heavy atom. The first-order valence-electron chi connectivity index (χ1n) is 9.67. The summed E-state index contributed by atoms with van der Waals surface area (Å²) >= 11 is 0. The fourth-order valence-corrected chi connectivity index (χ4v) is 3.59. The highest BCUT2D eigenvalue weighted by Gasteiger charge is 2.19. The fourth-order valence-electron chi connectivity index (χ4n) is 3.59. The van der Waals surface area contributed by atoms with E-state index in [0.717, 1.165) is 10.1 Å². The zero-order chi connectivity index (χ0) is 22.0. The van der Waals surface area contributed by atoms with Gasteiger partial charge in [-0.05, 0) is 18.2 Å². The van der Waals surface area contributed by atoms with Crippen molar-refractivity contribution in [1.82, 2.24) is 18.7 Å². The molecule has 2 aromatic heterocycles. The van der Waals surface area contributed by atoms with Crippen LogP contribution in [0.3, 0.4) is 0 Å². The minimum atomic E-state index is -0.492. The van der Waals surface area contributed by atoms with Gasteiger partial charge in [-0.2, -0.15) is 0 Å². The molecule has 8 heteroatoms. The number of para-hydroxylation sites is 1. The Labute approximate surface area is 178 Å². The van der Waals surface area contributed by atoms with E-state index < -0.39 is 11.2 Å². The molecule has 0 aliphatic rings. The number of imidazole rings is 1. The number of aromatic nitrogens is 4. The topological polar surface area (TPSA) is 80.3 Å². The van der Waals surface area contributed by atoms with Crippen LogP contribution in [0.25, 0.3) is 16.9 Å². The summed E-state index contributed by atoms with van der Waals surface area (Å²) < 4.78 is 15.0. The molecule has 4 aromatic rings. The first-order chi connectivity index (χ1) is 15.1. The van der Waals surface area contributed by atoms with E-state index in [0.29, 0.717) is 29.2 Å². The number of benzene rings is 2. The van der Waals surface area contributed by atoms with Gasteiger partial charge in [0, 0.05) is 18.2 Å². The normalized spacial score (nSPS) is 10.9. The van der Waals surface area contributed by atoms with E-state index in [1.165, 1.54) is 10.6 Å². The maximum Gasteiger partial charge on any atom is 0.337 e. The molecular weight excluding hydrogens is 396 g/mol. The maximum atomic E-state index is 13.3. The van der Waals surface area contributed by atoms with Crippen LogP contribution in [0.2, 0.25) is 0 Å². The summed E-state index contributed by atoms with van der Waals surface area (Å²) in [6, 6.07) is 14.6. The molecule has 0 bridgehead atoms. The Morgan fingerprint density at radius 2 is 1.87 bits per heavy atom. The minimum Gasteiger partial charge on any atom is -0.497 e. The van der Waals surface area contributed by atoms with Crippen LogP contribution in [0, 0.1) is 0 Å². The second-order valence-electron chi connectivity index (χ2n) is 6.88. The molecule has 0 fully saturated rings. The van der Waals surface area contributed by atoms with Gasteiger partial charge in [-0.3, -0.25) is 9.36 Å². The lowest BCUT2D eigenvalue weighted by Gasteiger charge is -2.13. The maximum absolute atomic E-state index is 13.3. The Hall–Kier alpha value is -4.07. The molecule has 2 heterocycles. The van der Waals surface area contributed by atoms with Crippen molar-refractivity contribution in [3.05, 3.63) is 93.9 Å². The van der Waals surface area contributed by atoms with Crippen LogP contribution in [-0.2, 0) is 13.1 Å². The van der Waals surface area contributed by atoms with Crippen molar-refractivity contribution in [2.24, 2.45) is 0 Å². The van der Waals surface area contributed by atoms with Gasteiger partial charge >= 0.3 is 5.69 Å². The quantitative estimate of drug-likeness (QED) is 0.431. The molecule has 4 rings (SSSR count). The van der Waals surface area contributed by atoms with Crippen molar-refractivity contribution in [2.45, 2.75) is 13.1 Å². The summed E-state index contributed by atoms with van der Waals surface area (Å²) in [4.78, 5) is 30.9. The zero-order valence-electron chi connectivity index (χ0n) is 17.3. The number of fused-ring (bicyclic) bond motifs is 1. The summed E-state index contributed by atoms with van der Waals surface area (Å²) in [6.45, 7) is 4.12. The molecule has 31 heavy (non-hydrogen) atoms. The number of hydrogen-bond acceptors (Lipinski definition) is 5. The van der Waals surface area contributed by atoms with Crippen molar-refractivity contribution in [1.29, 1.82) is 0 Å². The van der Waals surface area contributed by atoms with Gasteiger partial charge in [0.2, 0.25) is 0 Å². The van der Waals surface area contributed by atoms with E-state index in [-0.39, 0.29) is 12.2 Å². The lowest BCUT2D eigenvalue weighted by atomic mass is 10.2. The van der Waals surface area contributed by atoms with Crippen LogP contribution >= 0.6 is 0 Å². The number of ether oxygens (including phenoxy) is 2. The predicted octanol–water partition coefficient (Wildman–Crippen LogP) is 2.60. The molecule has 0 atom stereocenters. The number of allylic oxidation sites excluding steroid dienone is 1. The lowest BCUT2D eigenvalue weighted by Crippen LogP contribution is -2.39. The Kier molecular flexibility index (Phi) is 5.44. The van der Waals surface area contributed by atoms with Crippen molar-refractivity contribution < 1.29 is 9.47 Å². The Balaban J connectivity index is 2.00. The molecule has 158 valence electrons. The van der Waals surface area contributed by atoms with Gasteiger partial charge in [0.15, 0.2) is 11.2 Å². The van der Waals surface area contributed by atoms with Crippen molar-refractivity contribution in [3.8, 4) is 17.2 Å². The van der Waals surface area contributed by atoms with Crippen LogP contribution in [0.5, 0.6) is 11.5 Å². The van der Waals surface area contributed by atoms with Crippen molar-refractivity contribution in [3.63, 3.8) is 0 Å². The number of rotatable bonds is 7. The highest BCUT2D eigenvalue weighted by atomic mass is 16.5. The van der Waals surface area contributed by atoms with E-state index in [2.05, 4.69) is 11.6 Å². The van der Waals surface area contributed by atoms with Gasteiger partial charge in [0.05, 0.1) is 32.8 Å². The van der Waals surface area contributed by atoms with Crippen LogP contribution < -0.4 is 20.7 Å². The molecule has 0 amide bonds. The van der Waals surface area contributed by atoms with Gasteiger partial charge in [0.25, 0.3) is 5.56 Å². The summed E-state index contributed by atoms with van der Waals surface area (Å²) in [5.74, 6) is 1.30. The monoisotopic (exact) mass is 418 g/mol. The smallest absolute Gasteiger partial charge is 0.337 e. The molecule has 0 saturated heterocycles. The molecule has 0 spiro atoms. The van der Waals surface area contributed by atoms with Crippen LogP contribution in [0.4, 0.5) is 0 Å². The highest BCUT2D eigenvalue weighted by molar-refractivity contribution is 5.72. The largest absolute Gasteiger partial charge is 0.497 e. The zero-order valence-corrected chi connectivity index (χ0v) is 17.3. The molecule has 8 nitrogen and oxygen atoms in total. The summed E-state index contributed by atoms with van der Waals surface area (Å²) in [6.07, 6.45) is 3.08. The van der Waals surface area contributed by atoms with Gasteiger partial charge in [-0.25, -0.2) is 14.3 Å². The fraction of sp³-hybridized carbons (Fsp3) is 0.174. The third kappa shape index (κ3) is 3.52. The Morgan fingerprint density at radius 3 is 2.61 bits per heavy atom. The van der Waals surface area contributed by atoms with Gasteiger partial charge in [-0.1, -0.05) is 30.3 Å². The van der Waals surface area contributed by atoms with E-state index in [9.17, 15) is 9.59 Å². The molecule has 2 aromatic carbocycles. The van der Waals surface area contributed by atoms with E-state index in [1.807, 2.05) is 24.3 Å². The third-order valence-corrected chi connectivity index (χ3v) is 5.06. The van der Waals surface area contributed by atoms with Crippen LogP contribution in [0.15, 0.2) is 77.1 Å². The highest BCUT2D eigenvalue weighted by Crippen LogP contribution is 2.22. The number of hydrogen-bond donors (Lipinski definition) is 0. The first-order valence-corrected chi connectivity index (χ1v) is 9.67. The molecule has 0 unspecified atom stereocenters. The molecule has 0 saturated carbocycles. The number of nitrogens with zero attached hydrogens (tertiary/aromatic N) is 4. The summed E-state index contributed by atoms with van der Waals surface area (Å²) in [5, 5.41) is 0. The third-order valence-electron chi connectivity index (χ3n) is 5.06. The van der Waals surface area contributed by atoms with Crippen molar-refractivity contribution >= 4 is 11.2 Å². The molecular formula is C23H22N4O4. The van der Waals surface area contributed by atoms with Gasteiger partial charge in [0.1, 0.15) is 11.5 Å².